The number of rotatable bonds is 5. The van der Waals surface area contributed by atoms with Gasteiger partial charge in [-0.15, -0.1) is 0 Å². The summed E-state index contributed by atoms with van der Waals surface area (Å²) in [6.45, 7) is 0.759. The highest BCUT2D eigenvalue weighted by Crippen LogP contribution is 2.29. The van der Waals surface area contributed by atoms with Crippen molar-refractivity contribution in [2.75, 3.05) is 13.6 Å². The summed E-state index contributed by atoms with van der Waals surface area (Å²) < 4.78 is 6.24. The number of likely N-dealkylation sites (N-methyl/N-ethyl adjacent to an activating group) is 1. The minimum Gasteiger partial charge on any atom is -0.456 e. The maximum absolute atomic E-state index is 6.24. The molecular weight excluding hydrogens is 270 g/mol. The van der Waals surface area contributed by atoms with Crippen molar-refractivity contribution in [3.05, 3.63) is 84.4 Å². The molecule has 0 unspecified atom stereocenters. The summed E-state index contributed by atoms with van der Waals surface area (Å²) in [5, 5.41) is 5.44. The predicted octanol–water partition coefficient (Wildman–Crippen LogP) is 4.48. The average molecular weight is 289 g/mol. The highest BCUT2D eigenvalue weighted by Gasteiger charge is 2.07. The maximum atomic E-state index is 6.24. The second kappa shape index (κ2) is 6.92. The monoisotopic (exact) mass is 289 g/mol. The van der Waals surface area contributed by atoms with Gasteiger partial charge in [-0.05, 0) is 24.6 Å². The van der Waals surface area contributed by atoms with Gasteiger partial charge in [0.15, 0.2) is 0 Å². The van der Waals surface area contributed by atoms with Crippen molar-refractivity contribution in [3.63, 3.8) is 0 Å². The summed E-state index contributed by atoms with van der Waals surface area (Å²) >= 11 is 0. The van der Waals surface area contributed by atoms with E-state index in [1.54, 1.807) is 0 Å². The highest BCUT2D eigenvalue weighted by atomic mass is 16.5. The topological polar surface area (TPSA) is 21.3 Å². The number of ether oxygens (including phenoxy) is 1. The molecule has 3 aromatic rings. The lowest BCUT2D eigenvalue weighted by Crippen LogP contribution is -2.07. The molecule has 0 aliphatic heterocycles. The second-order valence-electron chi connectivity index (χ2n) is 5.07. The van der Waals surface area contributed by atoms with E-state index in [0.29, 0.717) is 0 Å². The Bertz CT molecular complexity index is 773. The van der Waals surface area contributed by atoms with Crippen molar-refractivity contribution in [1.29, 1.82) is 0 Å². The quantitative estimate of drug-likeness (QED) is 0.699. The lowest BCUT2D eigenvalue weighted by molar-refractivity contribution is 0.519. The van der Waals surface area contributed by atoms with Crippen LogP contribution in [0.5, 0.6) is 5.75 Å². The van der Waals surface area contributed by atoms with Crippen LogP contribution in [-0.2, 0) is 0 Å². The number of nitrogens with one attached hydrogen (secondary N) is 1. The van der Waals surface area contributed by atoms with E-state index in [0.717, 1.165) is 29.0 Å². The fourth-order valence-electron chi connectivity index (χ4n) is 2.42. The molecule has 0 atom stereocenters. The van der Waals surface area contributed by atoms with Crippen LogP contribution in [-0.4, -0.2) is 13.6 Å². The molecule has 3 aromatic carbocycles. The van der Waals surface area contributed by atoms with Gasteiger partial charge < -0.3 is 10.1 Å². The number of hydrogen-bond donors (Lipinski definition) is 1. The molecule has 0 heterocycles. The van der Waals surface area contributed by atoms with Crippen LogP contribution in [0.1, 0.15) is 5.56 Å². The third-order valence-corrected chi connectivity index (χ3v) is 3.52. The summed E-state index contributed by atoms with van der Waals surface area (Å²) in [4.78, 5) is 0. The molecule has 2 nitrogen and oxygen atoms in total. The van der Waals surface area contributed by atoms with Crippen molar-refractivity contribution < 1.29 is 4.74 Å². The highest BCUT2D eigenvalue weighted by molar-refractivity contribution is 5.89. The largest absolute Gasteiger partial charge is 0.456 e. The van der Waals surface area contributed by atoms with E-state index in [1.807, 2.05) is 49.5 Å². The predicted molar refractivity (Wildman–Crippen MR) is 92.9 cm³/mol. The molecule has 3 rings (SSSR count). The molecular formula is C20H19NO. The summed E-state index contributed by atoms with van der Waals surface area (Å²) in [5.74, 6) is 1.75. The molecule has 0 bridgehead atoms. The first-order chi connectivity index (χ1) is 10.9. The molecule has 1 N–H and O–H groups in total. The molecule has 0 amide bonds. The van der Waals surface area contributed by atoms with Crippen LogP contribution in [0.15, 0.2) is 78.9 Å². The van der Waals surface area contributed by atoms with Crippen molar-refractivity contribution >= 4 is 16.5 Å². The fourth-order valence-corrected chi connectivity index (χ4v) is 2.42. The van der Waals surface area contributed by atoms with Gasteiger partial charge in [0.25, 0.3) is 0 Å². The Balaban J connectivity index is 1.99. The van der Waals surface area contributed by atoms with E-state index in [9.17, 15) is 0 Å². The van der Waals surface area contributed by atoms with Crippen LogP contribution < -0.4 is 10.1 Å². The third-order valence-electron chi connectivity index (χ3n) is 3.52. The maximum Gasteiger partial charge on any atom is 0.135 e. The molecule has 0 radical (unpaired) electrons. The van der Waals surface area contributed by atoms with Gasteiger partial charge in [-0.1, -0.05) is 66.7 Å². The normalized spacial score (nSPS) is 11.6. The minimum absolute atomic E-state index is 0.759. The van der Waals surface area contributed by atoms with Crippen molar-refractivity contribution in [2.45, 2.75) is 0 Å². The van der Waals surface area contributed by atoms with Crippen LogP contribution in [0, 0.1) is 0 Å². The molecule has 0 aromatic heterocycles. The van der Waals surface area contributed by atoms with Crippen LogP contribution in [0.25, 0.3) is 16.5 Å². The number of benzene rings is 3. The fraction of sp³-hybridized carbons (Fsp3) is 0.100. The zero-order chi connectivity index (χ0) is 15.2. The smallest absolute Gasteiger partial charge is 0.135 e. The zero-order valence-electron chi connectivity index (χ0n) is 12.6. The van der Waals surface area contributed by atoms with Crippen LogP contribution in [0.4, 0.5) is 0 Å². The molecule has 110 valence electrons. The summed E-state index contributed by atoms with van der Waals surface area (Å²) in [6, 6.07) is 24.6. The first-order valence-corrected chi connectivity index (χ1v) is 7.44. The van der Waals surface area contributed by atoms with E-state index in [4.69, 9.17) is 4.74 Å². The molecule has 0 spiro atoms. The molecule has 0 saturated carbocycles. The van der Waals surface area contributed by atoms with E-state index in [1.165, 1.54) is 5.39 Å². The van der Waals surface area contributed by atoms with Crippen molar-refractivity contribution in [2.24, 2.45) is 0 Å². The molecule has 0 saturated heterocycles. The lowest BCUT2D eigenvalue weighted by Gasteiger charge is -2.13. The van der Waals surface area contributed by atoms with E-state index < -0.39 is 0 Å². The molecule has 0 aliphatic rings. The van der Waals surface area contributed by atoms with E-state index in [-0.39, 0.29) is 0 Å². The van der Waals surface area contributed by atoms with Gasteiger partial charge in [-0.25, -0.2) is 0 Å². The summed E-state index contributed by atoms with van der Waals surface area (Å²) in [6.07, 6.45) is 2.07. The molecule has 0 fully saturated rings. The molecule has 2 heteroatoms. The Kier molecular flexibility index (Phi) is 4.52. The van der Waals surface area contributed by atoms with Crippen molar-refractivity contribution in [1.82, 2.24) is 5.32 Å². The SMILES string of the molecule is CNCC=C(Oc1cccc2ccccc12)c1ccccc1. The Morgan fingerprint density at radius 1 is 0.909 bits per heavy atom. The van der Waals surface area contributed by atoms with Crippen LogP contribution >= 0.6 is 0 Å². The Labute approximate surface area is 131 Å². The molecule has 0 aliphatic carbocycles. The van der Waals surface area contributed by atoms with E-state index >= 15 is 0 Å². The van der Waals surface area contributed by atoms with Crippen LogP contribution in [0.3, 0.4) is 0 Å². The molecule has 22 heavy (non-hydrogen) atoms. The van der Waals surface area contributed by atoms with Gasteiger partial charge in [0.2, 0.25) is 0 Å². The van der Waals surface area contributed by atoms with Gasteiger partial charge >= 0.3 is 0 Å². The summed E-state index contributed by atoms with van der Waals surface area (Å²) in [7, 11) is 1.93. The lowest BCUT2D eigenvalue weighted by atomic mass is 10.1. The second-order valence-corrected chi connectivity index (χ2v) is 5.07. The van der Waals surface area contributed by atoms with Gasteiger partial charge in [0.05, 0.1) is 0 Å². The summed E-state index contributed by atoms with van der Waals surface area (Å²) in [5.41, 5.74) is 1.07. The Morgan fingerprint density at radius 2 is 1.64 bits per heavy atom. The van der Waals surface area contributed by atoms with Gasteiger partial charge in [-0.2, -0.15) is 0 Å². The average Bonchev–Trinajstić information content (AvgIpc) is 2.59. The van der Waals surface area contributed by atoms with Crippen molar-refractivity contribution in [3.8, 4) is 5.75 Å². The number of hydrogen-bond acceptors (Lipinski definition) is 2. The van der Waals surface area contributed by atoms with Crippen LogP contribution in [0.2, 0.25) is 0 Å². The Morgan fingerprint density at radius 3 is 2.45 bits per heavy atom. The van der Waals surface area contributed by atoms with Gasteiger partial charge in [0.1, 0.15) is 11.5 Å². The minimum atomic E-state index is 0.759. The van der Waals surface area contributed by atoms with Gasteiger partial charge in [-0.3, -0.25) is 0 Å². The third kappa shape index (κ3) is 3.18. The first-order valence-electron chi connectivity index (χ1n) is 7.44. The first kappa shape index (κ1) is 14.4. The van der Waals surface area contributed by atoms with E-state index in [2.05, 4.69) is 41.7 Å². The van der Waals surface area contributed by atoms with Gasteiger partial charge in [0, 0.05) is 17.5 Å². The zero-order valence-corrected chi connectivity index (χ0v) is 12.6. The number of fused-ring (bicyclic) bond motifs is 1. The standard InChI is InChI=1S/C20H19NO/c1-21-15-14-19(17-9-3-2-4-10-17)22-20-13-7-11-16-8-5-6-12-18(16)20/h2-14,21H,15H2,1H3. The Hall–Kier alpha value is -2.58.